The molecule has 1 fully saturated rings. The Bertz CT molecular complexity index is 378. The van der Waals surface area contributed by atoms with E-state index in [1.54, 1.807) is 0 Å². The zero-order valence-electron chi connectivity index (χ0n) is 11.7. The van der Waals surface area contributed by atoms with Gasteiger partial charge in [-0.05, 0) is 33.0 Å². The summed E-state index contributed by atoms with van der Waals surface area (Å²) < 4.78 is 1.92. The number of likely N-dealkylation sites (N-methyl/N-ethyl adjacent to an activating group) is 1. The summed E-state index contributed by atoms with van der Waals surface area (Å²) >= 11 is 0. The molecule has 1 aliphatic carbocycles. The fraction of sp³-hybridized carbons (Fsp3) is 0.769. The van der Waals surface area contributed by atoms with Crippen molar-refractivity contribution in [3.63, 3.8) is 0 Å². The number of nitrogens with two attached hydrogens (primary N) is 1. The molecule has 1 heterocycles. The van der Waals surface area contributed by atoms with Crippen molar-refractivity contribution in [2.45, 2.75) is 43.7 Å². The Kier molecular flexibility index (Phi) is 4.04. The molecule has 1 aromatic heterocycles. The first-order valence-electron chi connectivity index (χ1n) is 6.73. The number of nitrogens with zero attached hydrogens (tertiary/aromatic N) is 3. The van der Waals surface area contributed by atoms with Crippen molar-refractivity contribution >= 4 is 0 Å². The lowest BCUT2D eigenvalue weighted by atomic mass is 9.74. The van der Waals surface area contributed by atoms with Crippen LogP contribution in [0.2, 0.25) is 0 Å². The van der Waals surface area contributed by atoms with E-state index in [1.807, 2.05) is 17.9 Å². The molecule has 1 unspecified atom stereocenters. The molecule has 5 nitrogen and oxygen atoms in total. The van der Waals surface area contributed by atoms with Gasteiger partial charge in [-0.2, -0.15) is 5.10 Å². The van der Waals surface area contributed by atoms with Crippen LogP contribution in [0.5, 0.6) is 0 Å². The molecule has 0 radical (unpaired) electrons. The zero-order valence-corrected chi connectivity index (χ0v) is 11.7. The highest BCUT2D eigenvalue weighted by molar-refractivity contribution is 5.15. The standard InChI is InChI=1S/C13H25N5/c1-17(2)13(8-5-4-6-9-13)12(16-14)11-7-10-15-18(11)3/h7,10,12,16H,4-6,8-9,14H2,1-3H3. The van der Waals surface area contributed by atoms with Gasteiger partial charge in [0, 0.05) is 18.8 Å². The lowest BCUT2D eigenvalue weighted by Crippen LogP contribution is -2.56. The van der Waals surface area contributed by atoms with Crippen LogP contribution in [0.15, 0.2) is 12.3 Å². The maximum Gasteiger partial charge on any atom is 0.0812 e. The molecule has 0 aromatic carbocycles. The second kappa shape index (κ2) is 5.38. The molecule has 102 valence electrons. The third-order valence-electron chi connectivity index (χ3n) is 4.47. The minimum absolute atomic E-state index is 0.0980. The van der Waals surface area contributed by atoms with Crippen molar-refractivity contribution < 1.29 is 0 Å². The number of hydrogen-bond acceptors (Lipinski definition) is 4. The monoisotopic (exact) mass is 251 g/mol. The maximum atomic E-state index is 5.87. The molecule has 1 aromatic rings. The minimum Gasteiger partial charge on any atom is -0.302 e. The van der Waals surface area contributed by atoms with Gasteiger partial charge in [-0.15, -0.1) is 0 Å². The molecule has 5 heteroatoms. The average Bonchev–Trinajstić information content (AvgIpc) is 2.78. The van der Waals surface area contributed by atoms with Gasteiger partial charge in [0.25, 0.3) is 0 Å². The first-order valence-corrected chi connectivity index (χ1v) is 6.73. The van der Waals surface area contributed by atoms with Gasteiger partial charge in [0.1, 0.15) is 0 Å². The third-order valence-corrected chi connectivity index (χ3v) is 4.47. The van der Waals surface area contributed by atoms with Crippen molar-refractivity contribution in [2.24, 2.45) is 12.9 Å². The molecular formula is C13H25N5. The van der Waals surface area contributed by atoms with Crippen LogP contribution in [0.1, 0.15) is 43.8 Å². The van der Waals surface area contributed by atoms with E-state index in [0.717, 1.165) is 5.69 Å². The van der Waals surface area contributed by atoms with E-state index < -0.39 is 0 Å². The molecule has 2 rings (SSSR count). The molecule has 18 heavy (non-hydrogen) atoms. The predicted molar refractivity (Wildman–Crippen MR) is 72.8 cm³/mol. The van der Waals surface area contributed by atoms with Crippen LogP contribution in [0.4, 0.5) is 0 Å². The number of aromatic nitrogens is 2. The predicted octanol–water partition coefficient (Wildman–Crippen LogP) is 1.19. The van der Waals surface area contributed by atoms with E-state index in [9.17, 15) is 0 Å². The number of aryl methyl sites for hydroxylation is 1. The topological polar surface area (TPSA) is 59.1 Å². The van der Waals surface area contributed by atoms with Crippen LogP contribution >= 0.6 is 0 Å². The van der Waals surface area contributed by atoms with E-state index in [1.165, 1.54) is 32.1 Å². The summed E-state index contributed by atoms with van der Waals surface area (Å²) in [5, 5.41) is 4.27. The molecule has 1 aliphatic rings. The normalized spacial score (nSPS) is 21.2. The Morgan fingerprint density at radius 1 is 1.39 bits per heavy atom. The SMILES string of the molecule is CN(C)C1(C(NN)c2ccnn2C)CCCCC1. The van der Waals surface area contributed by atoms with Crippen LogP contribution in [-0.2, 0) is 7.05 Å². The van der Waals surface area contributed by atoms with Crippen LogP contribution in [0, 0.1) is 0 Å². The van der Waals surface area contributed by atoms with Gasteiger partial charge in [0.05, 0.1) is 11.7 Å². The zero-order chi connectivity index (χ0) is 13.2. The Morgan fingerprint density at radius 3 is 2.50 bits per heavy atom. The highest BCUT2D eigenvalue weighted by atomic mass is 15.3. The van der Waals surface area contributed by atoms with Gasteiger partial charge >= 0.3 is 0 Å². The molecule has 1 saturated carbocycles. The lowest BCUT2D eigenvalue weighted by Gasteiger charge is -2.48. The van der Waals surface area contributed by atoms with Crippen LogP contribution in [0.3, 0.4) is 0 Å². The van der Waals surface area contributed by atoms with E-state index >= 15 is 0 Å². The van der Waals surface area contributed by atoms with Gasteiger partial charge in [-0.3, -0.25) is 10.5 Å². The van der Waals surface area contributed by atoms with E-state index in [-0.39, 0.29) is 11.6 Å². The quantitative estimate of drug-likeness (QED) is 0.623. The first kappa shape index (κ1) is 13.5. The van der Waals surface area contributed by atoms with Gasteiger partial charge in [-0.1, -0.05) is 19.3 Å². The minimum atomic E-state index is 0.0980. The van der Waals surface area contributed by atoms with Crippen molar-refractivity contribution in [2.75, 3.05) is 14.1 Å². The van der Waals surface area contributed by atoms with Gasteiger partial charge in [-0.25, -0.2) is 5.43 Å². The van der Waals surface area contributed by atoms with Crippen LogP contribution in [0.25, 0.3) is 0 Å². The van der Waals surface area contributed by atoms with Crippen molar-refractivity contribution in [3.8, 4) is 0 Å². The Balaban J connectivity index is 2.36. The van der Waals surface area contributed by atoms with Crippen molar-refractivity contribution in [3.05, 3.63) is 18.0 Å². The molecule has 0 saturated heterocycles. The third kappa shape index (κ3) is 2.18. The molecule has 0 aliphatic heterocycles. The number of nitrogens with one attached hydrogen (secondary N) is 1. The number of hydrazine groups is 1. The fourth-order valence-electron chi connectivity index (χ4n) is 3.34. The van der Waals surface area contributed by atoms with Crippen molar-refractivity contribution in [1.82, 2.24) is 20.1 Å². The lowest BCUT2D eigenvalue weighted by molar-refractivity contribution is 0.0533. The Hall–Kier alpha value is -0.910. The summed E-state index contributed by atoms with van der Waals surface area (Å²) in [5.41, 5.74) is 4.29. The van der Waals surface area contributed by atoms with Crippen LogP contribution < -0.4 is 11.3 Å². The molecule has 1 atom stereocenters. The summed E-state index contributed by atoms with van der Waals surface area (Å²) in [4.78, 5) is 2.34. The van der Waals surface area contributed by atoms with Crippen molar-refractivity contribution in [1.29, 1.82) is 0 Å². The van der Waals surface area contributed by atoms with Gasteiger partial charge in [0.2, 0.25) is 0 Å². The summed E-state index contributed by atoms with van der Waals surface area (Å²) in [7, 11) is 6.30. The first-order chi connectivity index (χ1) is 8.62. The fourth-order valence-corrected chi connectivity index (χ4v) is 3.34. The Morgan fingerprint density at radius 2 is 2.06 bits per heavy atom. The Labute approximate surface area is 109 Å². The average molecular weight is 251 g/mol. The number of hydrogen-bond donors (Lipinski definition) is 2. The largest absolute Gasteiger partial charge is 0.302 e. The highest BCUT2D eigenvalue weighted by Crippen LogP contribution is 2.41. The van der Waals surface area contributed by atoms with Crippen LogP contribution in [-0.4, -0.2) is 34.3 Å². The summed E-state index contributed by atoms with van der Waals surface area (Å²) in [6, 6.07) is 2.19. The van der Waals surface area contributed by atoms with E-state index in [4.69, 9.17) is 5.84 Å². The maximum absolute atomic E-state index is 5.87. The molecule has 3 N–H and O–H groups in total. The summed E-state index contributed by atoms with van der Waals surface area (Å²) in [6.07, 6.45) is 8.08. The van der Waals surface area contributed by atoms with E-state index in [2.05, 4.69) is 35.6 Å². The van der Waals surface area contributed by atoms with E-state index in [0.29, 0.717) is 0 Å². The second-order valence-corrected chi connectivity index (χ2v) is 5.54. The second-order valence-electron chi connectivity index (χ2n) is 5.54. The molecule has 0 spiro atoms. The van der Waals surface area contributed by atoms with Gasteiger partial charge < -0.3 is 4.90 Å². The number of rotatable bonds is 4. The summed E-state index contributed by atoms with van der Waals surface area (Å²) in [6.45, 7) is 0. The smallest absolute Gasteiger partial charge is 0.0812 e. The highest BCUT2D eigenvalue weighted by Gasteiger charge is 2.43. The molecule has 0 amide bonds. The summed E-state index contributed by atoms with van der Waals surface area (Å²) in [5.74, 6) is 5.87. The van der Waals surface area contributed by atoms with Gasteiger partial charge in [0.15, 0.2) is 0 Å². The molecular weight excluding hydrogens is 226 g/mol. The molecule has 0 bridgehead atoms.